The fourth-order valence-electron chi connectivity index (χ4n) is 2.24. The number of hydrogen-bond acceptors (Lipinski definition) is 4. The Hall–Kier alpha value is -3.02. The van der Waals surface area contributed by atoms with Gasteiger partial charge < -0.3 is 20.1 Å². The van der Waals surface area contributed by atoms with E-state index in [1.54, 1.807) is 25.3 Å². The first kappa shape index (κ1) is 18.3. The summed E-state index contributed by atoms with van der Waals surface area (Å²) in [5, 5.41) is 5.31. The van der Waals surface area contributed by atoms with Crippen LogP contribution in [0.3, 0.4) is 0 Å². The summed E-state index contributed by atoms with van der Waals surface area (Å²) in [6.45, 7) is 1.87. The van der Waals surface area contributed by atoms with Gasteiger partial charge in [-0.1, -0.05) is 29.8 Å². The molecule has 0 aliphatic carbocycles. The van der Waals surface area contributed by atoms with E-state index in [2.05, 4.69) is 10.6 Å². The zero-order valence-electron chi connectivity index (χ0n) is 14.6. The maximum atomic E-state index is 12.1. The number of aryl methyl sites for hydroxylation is 1. The summed E-state index contributed by atoms with van der Waals surface area (Å²) in [6, 6.07) is 12.8. The highest BCUT2D eigenvalue weighted by Gasteiger charge is 2.11. The lowest BCUT2D eigenvalue weighted by Crippen LogP contribution is -2.33. The molecular formula is C19H22N2O4. The molecule has 2 rings (SSSR count). The van der Waals surface area contributed by atoms with Crippen LogP contribution in [-0.4, -0.2) is 32.6 Å². The van der Waals surface area contributed by atoms with Crippen molar-refractivity contribution in [2.75, 3.05) is 26.1 Å². The maximum absolute atomic E-state index is 12.1. The predicted octanol–water partition coefficient (Wildman–Crippen LogP) is 2.31. The number of benzene rings is 2. The number of amides is 2. The molecule has 6 heteroatoms. The van der Waals surface area contributed by atoms with Gasteiger partial charge in [-0.25, -0.2) is 0 Å². The average molecular weight is 342 g/mol. The van der Waals surface area contributed by atoms with Crippen LogP contribution in [0.4, 0.5) is 5.69 Å². The molecule has 0 radical (unpaired) electrons. The fraction of sp³-hybridized carbons (Fsp3) is 0.263. The summed E-state index contributed by atoms with van der Waals surface area (Å²) < 4.78 is 10.3. The van der Waals surface area contributed by atoms with Crippen LogP contribution in [0.1, 0.15) is 11.1 Å². The highest BCUT2D eigenvalue weighted by Crippen LogP contribution is 2.28. The van der Waals surface area contributed by atoms with Crippen molar-refractivity contribution in [2.24, 2.45) is 0 Å². The Morgan fingerprint density at radius 3 is 2.32 bits per heavy atom. The lowest BCUT2D eigenvalue weighted by molar-refractivity contribution is -0.123. The van der Waals surface area contributed by atoms with Crippen LogP contribution in [0, 0.1) is 6.92 Å². The number of rotatable bonds is 7. The zero-order valence-corrected chi connectivity index (χ0v) is 14.6. The zero-order chi connectivity index (χ0) is 18.2. The largest absolute Gasteiger partial charge is 0.497 e. The molecule has 25 heavy (non-hydrogen) atoms. The molecule has 0 spiro atoms. The Labute approximate surface area is 147 Å². The molecule has 0 atom stereocenters. The van der Waals surface area contributed by atoms with Crippen molar-refractivity contribution in [1.29, 1.82) is 0 Å². The van der Waals surface area contributed by atoms with Crippen LogP contribution in [0.2, 0.25) is 0 Å². The third kappa shape index (κ3) is 5.53. The van der Waals surface area contributed by atoms with Crippen LogP contribution in [-0.2, 0) is 16.0 Å². The summed E-state index contributed by atoms with van der Waals surface area (Å²) >= 11 is 0. The van der Waals surface area contributed by atoms with Crippen LogP contribution in [0.25, 0.3) is 0 Å². The summed E-state index contributed by atoms with van der Waals surface area (Å²) in [4.78, 5) is 24.0. The van der Waals surface area contributed by atoms with E-state index in [-0.39, 0.29) is 24.8 Å². The van der Waals surface area contributed by atoms with Crippen molar-refractivity contribution in [3.8, 4) is 11.5 Å². The van der Waals surface area contributed by atoms with Gasteiger partial charge in [0, 0.05) is 6.07 Å². The highest BCUT2D eigenvalue weighted by atomic mass is 16.5. The quantitative estimate of drug-likeness (QED) is 0.809. The summed E-state index contributed by atoms with van der Waals surface area (Å²) in [5.74, 6) is 0.556. The minimum atomic E-state index is -0.344. The molecule has 2 aromatic rings. The SMILES string of the molecule is COc1ccc(OC)c(NC(=O)CNC(=O)Cc2ccc(C)cc2)c1. The normalized spacial score (nSPS) is 10.0. The van der Waals surface area contributed by atoms with E-state index in [1.165, 1.54) is 7.11 Å². The number of anilines is 1. The minimum Gasteiger partial charge on any atom is -0.497 e. The molecule has 0 aromatic heterocycles. The first-order valence-corrected chi connectivity index (χ1v) is 7.86. The van der Waals surface area contributed by atoms with Crippen LogP contribution in [0.15, 0.2) is 42.5 Å². The Bertz CT molecular complexity index is 742. The van der Waals surface area contributed by atoms with Crippen molar-refractivity contribution >= 4 is 17.5 Å². The lowest BCUT2D eigenvalue weighted by atomic mass is 10.1. The molecule has 0 unspecified atom stereocenters. The van der Waals surface area contributed by atoms with E-state index >= 15 is 0 Å². The molecule has 0 bridgehead atoms. The van der Waals surface area contributed by atoms with Crippen molar-refractivity contribution in [3.05, 3.63) is 53.6 Å². The molecule has 0 saturated carbocycles. The van der Waals surface area contributed by atoms with E-state index in [1.807, 2.05) is 31.2 Å². The average Bonchev–Trinajstić information content (AvgIpc) is 2.62. The van der Waals surface area contributed by atoms with Gasteiger partial charge in [-0.2, -0.15) is 0 Å². The van der Waals surface area contributed by atoms with Crippen molar-refractivity contribution < 1.29 is 19.1 Å². The fourth-order valence-corrected chi connectivity index (χ4v) is 2.24. The van der Waals surface area contributed by atoms with E-state index in [4.69, 9.17) is 9.47 Å². The highest BCUT2D eigenvalue weighted by molar-refractivity contribution is 5.96. The standard InChI is InChI=1S/C19H22N2O4/c1-13-4-6-14(7-5-13)10-18(22)20-12-19(23)21-16-11-15(24-2)8-9-17(16)25-3/h4-9,11H,10,12H2,1-3H3,(H,20,22)(H,21,23). The van der Waals surface area contributed by atoms with Gasteiger partial charge in [0.25, 0.3) is 0 Å². The van der Waals surface area contributed by atoms with Gasteiger partial charge in [0.15, 0.2) is 0 Å². The smallest absolute Gasteiger partial charge is 0.243 e. The molecule has 2 aromatic carbocycles. The Balaban J connectivity index is 1.88. The first-order valence-electron chi connectivity index (χ1n) is 7.86. The van der Waals surface area contributed by atoms with E-state index in [0.29, 0.717) is 17.2 Å². The second-order valence-electron chi connectivity index (χ2n) is 5.55. The molecule has 132 valence electrons. The number of hydrogen-bond donors (Lipinski definition) is 2. The maximum Gasteiger partial charge on any atom is 0.243 e. The first-order chi connectivity index (χ1) is 12.0. The van der Waals surface area contributed by atoms with Crippen molar-refractivity contribution in [3.63, 3.8) is 0 Å². The summed E-state index contributed by atoms with van der Waals surface area (Å²) in [6.07, 6.45) is 0.232. The number of carbonyl (C=O) groups excluding carboxylic acids is 2. The monoisotopic (exact) mass is 342 g/mol. The molecule has 6 nitrogen and oxygen atoms in total. The third-order valence-electron chi connectivity index (χ3n) is 3.61. The third-order valence-corrected chi connectivity index (χ3v) is 3.61. The van der Waals surface area contributed by atoms with Gasteiger partial charge in [0.2, 0.25) is 11.8 Å². The predicted molar refractivity (Wildman–Crippen MR) is 96.1 cm³/mol. The van der Waals surface area contributed by atoms with E-state index < -0.39 is 0 Å². The van der Waals surface area contributed by atoms with E-state index in [0.717, 1.165) is 11.1 Å². The summed E-state index contributed by atoms with van der Waals surface area (Å²) in [5.41, 5.74) is 2.52. The molecule has 2 amide bonds. The van der Waals surface area contributed by atoms with Gasteiger partial charge in [0.1, 0.15) is 11.5 Å². The second-order valence-corrected chi connectivity index (χ2v) is 5.55. The topological polar surface area (TPSA) is 76.7 Å². The van der Waals surface area contributed by atoms with Crippen molar-refractivity contribution in [2.45, 2.75) is 13.3 Å². The number of methoxy groups -OCH3 is 2. The van der Waals surface area contributed by atoms with Gasteiger partial charge in [-0.05, 0) is 24.6 Å². The van der Waals surface area contributed by atoms with Gasteiger partial charge in [0.05, 0.1) is 32.9 Å². The molecule has 2 N–H and O–H groups in total. The Morgan fingerprint density at radius 2 is 1.68 bits per heavy atom. The molecule has 0 fully saturated rings. The van der Waals surface area contributed by atoms with Crippen LogP contribution < -0.4 is 20.1 Å². The summed E-state index contributed by atoms with van der Waals surface area (Å²) in [7, 11) is 3.06. The molecule has 0 aliphatic heterocycles. The minimum absolute atomic E-state index is 0.120. The van der Waals surface area contributed by atoms with Gasteiger partial charge in [-0.15, -0.1) is 0 Å². The Morgan fingerprint density at radius 1 is 0.960 bits per heavy atom. The van der Waals surface area contributed by atoms with Crippen LogP contribution in [0.5, 0.6) is 11.5 Å². The molecule has 0 saturated heterocycles. The molecular weight excluding hydrogens is 320 g/mol. The van der Waals surface area contributed by atoms with E-state index in [9.17, 15) is 9.59 Å². The second kappa shape index (κ2) is 8.73. The van der Waals surface area contributed by atoms with Gasteiger partial charge >= 0.3 is 0 Å². The lowest BCUT2D eigenvalue weighted by Gasteiger charge is -2.12. The molecule has 0 aliphatic rings. The number of ether oxygens (including phenoxy) is 2. The Kier molecular flexibility index (Phi) is 6.39. The van der Waals surface area contributed by atoms with Crippen molar-refractivity contribution in [1.82, 2.24) is 5.32 Å². The molecule has 0 heterocycles. The number of nitrogens with one attached hydrogen (secondary N) is 2. The number of carbonyl (C=O) groups is 2. The van der Waals surface area contributed by atoms with Crippen LogP contribution >= 0.6 is 0 Å². The van der Waals surface area contributed by atoms with Gasteiger partial charge in [-0.3, -0.25) is 9.59 Å².